The van der Waals surface area contributed by atoms with Gasteiger partial charge in [0.05, 0.1) is 0 Å². The van der Waals surface area contributed by atoms with E-state index in [-0.39, 0.29) is 23.6 Å². The molecule has 2 rings (SSSR count). The van der Waals surface area contributed by atoms with Crippen LogP contribution < -0.4 is 10.5 Å². The summed E-state index contributed by atoms with van der Waals surface area (Å²) in [6.45, 7) is 1.87. The summed E-state index contributed by atoms with van der Waals surface area (Å²) in [6.07, 6.45) is -3.81. The Hall–Kier alpha value is -1.23. The van der Waals surface area contributed by atoms with Gasteiger partial charge in [-0.2, -0.15) is 0 Å². The molecule has 0 radical (unpaired) electrons. The highest BCUT2D eigenvalue weighted by Gasteiger charge is 2.43. The van der Waals surface area contributed by atoms with E-state index in [1.807, 2.05) is 6.92 Å². The molecule has 3 atom stereocenters. The predicted octanol–water partition coefficient (Wildman–Crippen LogP) is 3.04. The standard InChI is InChI=1S/C12H14F3NO/c1-7(16)9-6-10(9)8-4-2-3-5-11(8)17-12(13,14)15/h2-5,7,9-10H,6,16H2,1H3/t7-,9-,10-/m0/s1. The van der Waals surface area contributed by atoms with Crippen LogP contribution in [-0.4, -0.2) is 12.4 Å². The number of para-hydroxylation sites is 1. The number of hydrogen-bond donors (Lipinski definition) is 1. The van der Waals surface area contributed by atoms with Crippen LogP contribution in [0.15, 0.2) is 24.3 Å². The first kappa shape index (κ1) is 12.2. The van der Waals surface area contributed by atoms with E-state index in [1.165, 1.54) is 12.1 Å². The largest absolute Gasteiger partial charge is 0.573 e. The zero-order valence-corrected chi connectivity index (χ0v) is 9.37. The van der Waals surface area contributed by atoms with Crippen molar-refractivity contribution in [1.82, 2.24) is 0 Å². The summed E-state index contributed by atoms with van der Waals surface area (Å²) in [5.41, 5.74) is 6.34. The van der Waals surface area contributed by atoms with Crippen molar-refractivity contribution in [3.8, 4) is 5.75 Å². The molecule has 1 aliphatic rings. The maximum Gasteiger partial charge on any atom is 0.573 e. The first-order valence-electron chi connectivity index (χ1n) is 5.49. The molecule has 1 aromatic carbocycles. The van der Waals surface area contributed by atoms with Crippen LogP contribution in [0, 0.1) is 5.92 Å². The quantitative estimate of drug-likeness (QED) is 0.888. The van der Waals surface area contributed by atoms with E-state index in [2.05, 4.69) is 4.74 Å². The summed E-state index contributed by atoms with van der Waals surface area (Å²) < 4.78 is 40.7. The molecule has 1 aromatic rings. The van der Waals surface area contributed by atoms with Gasteiger partial charge < -0.3 is 10.5 Å². The van der Waals surface area contributed by atoms with Gasteiger partial charge in [-0.15, -0.1) is 13.2 Å². The van der Waals surface area contributed by atoms with Crippen molar-refractivity contribution >= 4 is 0 Å². The predicted molar refractivity (Wildman–Crippen MR) is 57.6 cm³/mol. The van der Waals surface area contributed by atoms with Crippen LogP contribution in [0.1, 0.15) is 24.8 Å². The van der Waals surface area contributed by atoms with Crippen molar-refractivity contribution in [2.45, 2.75) is 31.7 Å². The lowest BCUT2D eigenvalue weighted by Crippen LogP contribution is -2.19. The lowest BCUT2D eigenvalue weighted by atomic mass is 10.1. The molecule has 0 saturated heterocycles. The van der Waals surface area contributed by atoms with Gasteiger partial charge in [0.15, 0.2) is 0 Å². The van der Waals surface area contributed by atoms with Crippen molar-refractivity contribution in [2.75, 3.05) is 0 Å². The number of hydrogen-bond acceptors (Lipinski definition) is 2. The molecule has 1 saturated carbocycles. The molecule has 0 aromatic heterocycles. The third-order valence-corrected chi connectivity index (χ3v) is 3.06. The summed E-state index contributed by atoms with van der Waals surface area (Å²) in [5.74, 6) is 0.245. The molecule has 0 heterocycles. The fourth-order valence-electron chi connectivity index (χ4n) is 2.16. The lowest BCUT2D eigenvalue weighted by molar-refractivity contribution is -0.274. The second-order valence-electron chi connectivity index (χ2n) is 4.45. The minimum atomic E-state index is -4.64. The van der Waals surface area contributed by atoms with Crippen molar-refractivity contribution in [1.29, 1.82) is 0 Å². The molecule has 2 N–H and O–H groups in total. The second kappa shape index (κ2) is 4.22. The Labute approximate surface area is 97.6 Å². The van der Waals surface area contributed by atoms with Gasteiger partial charge in [-0.1, -0.05) is 18.2 Å². The Morgan fingerprint density at radius 3 is 2.53 bits per heavy atom. The van der Waals surface area contributed by atoms with E-state index >= 15 is 0 Å². The van der Waals surface area contributed by atoms with Gasteiger partial charge in [-0.3, -0.25) is 0 Å². The molecule has 0 amide bonds. The van der Waals surface area contributed by atoms with E-state index in [0.717, 1.165) is 6.42 Å². The molecule has 0 unspecified atom stereocenters. The van der Waals surface area contributed by atoms with Crippen LogP contribution in [-0.2, 0) is 0 Å². The second-order valence-corrected chi connectivity index (χ2v) is 4.45. The molecular weight excluding hydrogens is 231 g/mol. The third kappa shape index (κ3) is 2.91. The number of halogens is 3. The van der Waals surface area contributed by atoms with Gasteiger partial charge in [0, 0.05) is 6.04 Å². The Morgan fingerprint density at radius 2 is 2.00 bits per heavy atom. The van der Waals surface area contributed by atoms with E-state index in [9.17, 15) is 13.2 Å². The smallest absolute Gasteiger partial charge is 0.405 e. The van der Waals surface area contributed by atoms with Crippen LogP contribution in [0.2, 0.25) is 0 Å². The first-order valence-corrected chi connectivity index (χ1v) is 5.49. The summed E-state index contributed by atoms with van der Waals surface area (Å²) in [7, 11) is 0. The molecule has 0 aliphatic heterocycles. The Kier molecular flexibility index (Phi) is 3.03. The highest BCUT2D eigenvalue weighted by Crippen LogP contribution is 2.52. The molecule has 0 spiro atoms. The summed E-state index contributed by atoms with van der Waals surface area (Å²) in [5, 5.41) is 0. The van der Waals surface area contributed by atoms with Crippen molar-refractivity contribution in [3.05, 3.63) is 29.8 Å². The number of rotatable bonds is 3. The minimum Gasteiger partial charge on any atom is -0.405 e. The summed E-state index contributed by atoms with van der Waals surface area (Å²) in [4.78, 5) is 0. The number of benzene rings is 1. The van der Waals surface area contributed by atoms with Crippen molar-refractivity contribution in [2.24, 2.45) is 11.7 Å². The van der Waals surface area contributed by atoms with Crippen LogP contribution in [0.25, 0.3) is 0 Å². The van der Waals surface area contributed by atoms with Gasteiger partial charge in [0.1, 0.15) is 5.75 Å². The number of alkyl halides is 3. The average molecular weight is 245 g/mol. The molecule has 94 valence electrons. The van der Waals surface area contributed by atoms with E-state index in [1.54, 1.807) is 12.1 Å². The fourth-order valence-corrected chi connectivity index (χ4v) is 2.16. The Balaban J connectivity index is 2.18. The van der Waals surface area contributed by atoms with Crippen molar-refractivity contribution < 1.29 is 17.9 Å². The van der Waals surface area contributed by atoms with Crippen LogP contribution in [0.4, 0.5) is 13.2 Å². The topological polar surface area (TPSA) is 35.2 Å². The Morgan fingerprint density at radius 1 is 1.35 bits per heavy atom. The van der Waals surface area contributed by atoms with Crippen molar-refractivity contribution in [3.63, 3.8) is 0 Å². The molecule has 1 fully saturated rings. The normalized spacial score (nSPS) is 25.5. The molecule has 17 heavy (non-hydrogen) atoms. The van der Waals surface area contributed by atoms with Crippen LogP contribution in [0.5, 0.6) is 5.75 Å². The number of ether oxygens (including phenoxy) is 1. The fraction of sp³-hybridized carbons (Fsp3) is 0.500. The lowest BCUT2D eigenvalue weighted by Gasteiger charge is -2.13. The van der Waals surface area contributed by atoms with Gasteiger partial charge in [-0.05, 0) is 36.8 Å². The molecule has 2 nitrogen and oxygen atoms in total. The van der Waals surface area contributed by atoms with E-state index in [0.29, 0.717) is 5.56 Å². The SMILES string of the molecule is C[C@H](N)[C@@H]1C[C@H]1c1ccccc1OC(F)(F)F. The summed E-state index contributed by atoms with van der Waals surface area (Å²) in [6, 6.07) is 6.27. The van der Waals surface area contributed by atoms with Crippen LogP contribution in [0.3, 0.4) is 0 Å². The molecule has 0 bridgehead atoms. The van der Waals surface area contributed by atoms with E-state index < -0.39 is 6.36 Å². The zero-order chi connectivity index (χ0) is 12.6. The highest BCUT2D eigenvalue weighted by atomic mass is 19.4. The Bertz CT molecular complexity index is 403. The third-order valence-electron chi connectivity index (χ3n) is 3.06. The monoisotopic (exact) mass is 245 g/mol. The van der Waals surface area contributed by atoms with Gasteiger partial charge >= 0.3 is 6.36 Å². The molecular formula is C12H14F3NO. The maximum atomic E-state index is 12.2. The highest BCUT2D eigenvalue weighted by molar-refractivity contribution is 5.40. The molecule has 1 aliphatic carbocycles. The van der Waals surface area contributed by atoms with Gasteiger partial charge in [-0.25, -0.2) is 0 Å². The first-order chi connectivity index (χ1) is 7.88. The minimum absolute atomic E-state index is 0.000979. The maximum absolute atomic E-state index is 12.2. The zero-order valence-electron chi connectivity index (χ0n) is 9.37. The number of nitrogens with two attached hydrogens (primary N) is 1. The summed E-state index contributed by atoms with van der Waals surface area (Å²) >= 11 is 0. The van der Waals surface area contributed by atoms with Crippen LogP contribution >= 0.6 is 0 Å². The molecule has 5 heteroatoms. The van der Waals surface area contributed by atoms with E-state index in [4.69, 9.17) is 5.73 Å². The van der Waals surface area contributed by atoms with Gasteiger partial charge in [0.25, 0.3) is 0 Å². The average Bonchev–Trinajstić information content (AvgIpc) is 2.95. The van der Waals surface area contributed by atoms with Gasteiger partial charge in [0.2, 0.25) is 0 Å².